The molecule has 1 rings (SSSR count). The quantitative estimate of drug-likeness (QED) is 0.234. The van der Waals surface area contributed by atoms with E-state index in [-0.39, 0.29) is 24.0 Å². The zero-order valence-corrected chi connectivity index (χ0v) is 16.8. The molecule has 0 unspecified atom stereocenters. The number of guanidine groups is 1. The highest BCUT2D eigenvalue weighted by Crippen LogP contribution is 1.89. The van der Waals surface area contributed by atoms with Crippen LogP contribution >= 0.6 is 24.0 Å². The largest absolute Gasteiger partial charge is 0.385 e. The predicted octanol–water partition coefficient (Wildman–Crippen LogP) is 1.02. The van der Waals surface area contributed by atoms with Crippen molar-refractivity contribution in [2.24, 2.45) is 4.99 Å². The van der Waals surface area contributed by atoms with E-state index < -0.39 is 0 Å². The van der Waals surface area contributed by atoms with E-state index in [0.29, 0.717) is 0 Å². The molecule has 0 atom stereocenters. The van der Waals surface area contributed by atoms with Gasteiger partial charge >= 0.3 is 0 Å². The fraction of sp³-hybridized carbons (Fsp3) is 0.733. The second-order valence-electron chi connectivity index (χ2n) is 5.20. The summed E-state index contributed by atoms with van der Waals surface area (Å²) in [5.41, 5.74) is 0. The molecule has 0 aliphatic carbocycles. The third kappa shape index (κ3) is 11.3. The molecule has 2 N–H and O–H groups in total. The first-order valence-electron chi connectivity index (χ1n) is 7.85. The molecule has 23 heavy (non-hydrogen) atoms. The number of rotatable bonds is 11. The van der Waals surface area contributed by atoms with Gasteiger partial charge in [-0.25, -0.2) is 0 Å². The molecule has 1 aromatic heterocycles. The molecular formula is C15H31IN6O. The summed E-state index contributed by atoms with van der Waals surface area (Å²) in [6, 6.07) is 1.94. The summed E-state index contributed by atoms with van der Waals surface area (Å²) >= 11 is 0. The van der Waals surface area contributed by atoms with Crippen molar-refractivity contribution in [3.63, 3.8) is 0 Å². The van der Waals surface area contributed by atoms with Gasteiger partial charge in [0.25, 0.3) is 0 Å². The first kappa shape index (κ1) is 22.1. The van der Waals surface area contributed by atoms with Gasteiger partial charge in [-0.15, -0.1) is 24.0 Å². The molecule has 0 aromatic carbocycles. The molecule has 7 nitrogen and oxygen atoms in total. The van der Waals surface area contributed by atoms with Crippen molar-refractivity contribution in [2.45, 2.75) is 19.4 Å². The number of aryl methyl sites for hydroxylation is 1. The number of nitrogens with one attached hydrogen (secondary N) is 2. The average molecular weight is 438 g/mol. The van der Waals surface area contributed by atoms with Crippen LogP contribution in [0.25, 0.3) is 0 Å². The Balaban J connectivity index is 0.00000484. The van der Waals surface area contributed by atoms with Gasteiger partial charge in [-0.05, 0) is 26.0 Å². The number of hydrogen-bond donors (Lipinski definition) is 2. The molecule has 0 bridgehead atoms. The highest BCUT2D eigenvalue weighted by Gasteiger charge is 2.00. The Bertz CT molecular complexity index is 399. The second kappa shape index (κ2) is 14.7. The Hall–Kier alpha value is -0.870. The summed E-state index contributed by atoms with van der Waals surface area (Å²) in [6.07, 6.45) is 5.86. The number of methoxy groups -OCH3 is 1. The lowest BCUT2D eigenvalue weighted by atomic mass is 10.4. The van der Waals surface area contributed by atoms with Crippen LogP contribution in [-0.2, 0) is 11.3 Å². The second-order valence-corrected chi connectivity index (χ2v) is 5.20. The number of aromatic nitrogens is 2. The Morgan fingerprint density at radius 1 is 1.26 bits per heavy atom. The minimum absolute atomic E-state index is 0. The lowest BCUT2D eigenvalue weighted by molar-refractivity contribution is 0.180. The predicted molar refractivity (Wildman–Crippen MR) is 106 cm³/mol. The van der Waals surface area contributed by atoms with Crippen LogP contribution in [0.1, 0.15) is 12.8 Å². The SMILES string of the molecule is CN=C(NCCCn1cccn1)NCCN(C)CCCOC.I. The fourth-order valence-electron chi connectivity index (χ4n) is 2.06. The van der Waals surface area contributed by atoms with Gasteiger partial charge in [0.05, 0.1) is 0 Å². The van der Waals surface area contributed by atoms with Crippen molar-refractivity contribution >= 4 is 29.9 Å². The van der Waals surface area contributed by atoms with Crippen LogP contribution in [0.5, 0.6) is 0 Å². The highest BCUT2D eigenvalue weighted by molar-refractivity contribution is 14.0. The molecule has 0 saturated carbocycles. The van der Waals surface area contributed by atoms with Gasteiger partial charge in [-0.2, -0.15) is 5.10 Å². The van der Waals surface area contributed by atoms with Gasteiger partial charge in [-0.3, -0.25) is 9.67 Å². The maximum atomic E-state index is 5.06. The van der Waals surface area contributed by atoms with Crippen LogP contribution in [-0.4, -0.2) is 74.6 Å². The fourth-order valence-corrected chi connectivity index (χ4v) is 2.06. The number of ether oxygens (including phenoxy) is 1. The van der Waals surface area contributed by atoms with Gasteiger partial charge in [0.2, 0.25) is 0 Å². The zero-order chi connectivity index (χ0) is 16.0. The Morgan fingerprint density at radius 3 is 2.70 bits per heavy atom. The van der Waals surface area contributed by atoms with E-state index in [1.165, 1.54) is 0 Å². The minimum Gasteiger partial charge on any atom is -0.385 e. The Morgan fingerprint density at radius 2 is 2.04 bits per heavy atom. The van der Waals surface area contributed by atoms with Crippen molar-refractivity contribution in [2.75, 3.05) is 54.0 Å². The third-order valence-corrected chi connectivity index (χ3v) is 3.31. The van der Waals surface area contributed by atoms with Gasteiger partial charge in [0, 0.05) is 65.9 Å². The van der Waals surface area contributed by atoms with E-state index >= 15 is 0 Å². The standard InChI is InChI=1S/C15H30N6O.HI/c1-16-15(17-7-4-11-21-12-5-8-19-21)18-9-13-20(2)10-6-14-22-3;/h5,8,12H,4,6-7,9-11,13-14H2,1-3H3,(H2,16,17,18);1H. The smallest absolute Gasteiger partial charge is 0.191 e. The summed E-state index contributed by atoms with van der Waals surface area (Å²) in [4.78, 5) is 6.52. The Labute approximate surface area is 156 Å². The molecule has 0 aliphatic heterocycles. The van der Waals surface area contributed by atoms with Crippen LogP contribution in [0.4, 0.5) is 0 Å². The molecule has 0 radical (unpaired) electrons. The number of likely N-dealkylation sites (N-methyl/N-ethyl adjacent to an activating group) is 1. The van der Waals surface area contributed by atoms with Crippen LogP contribution in [0, 0.1) is 0 Å². The number of aliphatic imine (C=N–C) groups is 1. The average Bonchev–Trinajstić information content (AvgIpc) is 3.03. The summed E-state index contributed by atoms with van der Waals surface area (Å²) < 4.78 is 6.99. The van der Waals surface area contributed by atoms with E-state index in [9.17, 15) is 0 Å². The molecule has 0 fully saturated rings. The third-order valence-electron chi connectivity index (χ3n) is 3.31. The van der Waals surface area contributed by atoms with Crippen LogP contribution in [0.3, 0.4) is 0 Å². The van der Waals surface area contributed by atoms with Gasteiger partial charge < -0.3 is 20.3 Å². The molecule has 0 spiro atoms. The lowest BCUT2D eigenvalue weighted by Crippen LogP contribution is -2.41. The van der Waals surface area contributed by atoms with E-state index in [1.54, 1.807) is 20.4 Å². The van der Waals surface area contributed by atoms with Crippen molar-refractivity contribution in [1.82, 2.24) is 25.3 Å². The zero-order valence-electron chi connectivity index (χ0n) is 14.5. The molecule has 8 heteroatoms. The lowest BCUT2D eigenvalue weighted by Gasteiger charge is -2.18. The van der Waals surface area contributed by atoms with Crippen molar-refractivity contribution in [1.29, 1.82) is 0 Å². The van der Waals surface area contributed by atoms with Crippen molar-refractivity contribution in [3.8, 4) is 0 Å². The van der Waals surface area contributed by atoms with Crippen molar-refractivity contribution < 1.29 is 4.74 Å². The molecule has 1 aromatic rings. The van der Waals surface area contributed by atoms with E-state index in [1.807, 2.05) is 16.9 Å². The summed E-state index contributed by atoms with van der Waals surface area (Å²) in [6.45, 7) is 5.52. The number of hydrogen-bond acceptors (Lipinski definition) is 4. The van der Waals surface area contributed by atoms with Gasteiger partial charge in [0.15, 0.2) is 5.96 Å². The minimum atomic E-state index is 0. The van der Waals surface area contributed by atoms with E-state index in [0.717, 1.165) is 58.1 Å². The first-order valence-corrected chi connectivity index (χ1v) is 7.85. The molecule has 1 heterocycles. The van der Waals surface area contributed by atoms with E-state index in [4.69, 9.17) is 4.74 Å². The summed E-state index contributed by atoms with van der Waals surface area (Å²) in [5.74, 6) is 0.853. The van der Waals surface area contributed by atoms with Crippen LogP contribution < -0.4 is 10.6 Å². The maximum absolute atomic E-state index is 5.06. The molecule has 134 valence electrons. The van der Waals surface area contributed by atoms with Crippen LogP contribution in [0.15, 0.2) is 23.5 Å². The number of nitrogens with zero attached hydrogens (tertiary/aromatic N) is 4. The van der Waals surface area contributed by atoms with Gasteiger partial charge in [-0.1, -0.05) is 0 Å². The Kier molecular flexibility index (Phi) is 14.1. The maximum Gasteiger partial charge on any atom is 0.191 e. The van der Waals surface area contributed by atoms with E-state index in [2.05, 4.69) is 32.7 Å². The first-order chi connectivity index (χ1) is 10.8. The molecule has 0 saturated heterocycles. The topological polar surface area (TPSA) is 66.7 Å². The monoisotopic (exact) mass is 438 g/mol. The summed E-state index contributed by atoms with van der Waals surface area (Å²) in [7, 11) is 5.66. The number of halogens is 1. The molecule has 0 aliphatic rings. The normalized spacial score (nSPS) is 11.4. The molecular weight excluding hydrogens is 407 g/mol. The molecule has 0 amide bonds. The highest BCUT2D eigenvalue weighted by atomic mass is 127. The summed E-state index contributed by atoms with van der Waals surface area (Å²) in [5, 5.41) is 10.8. The van der Waals surface area contributed by atoms with Crippen LogP contribution in [0.2, 0.25) is 0 Å². The van der Waals surface area contributed by atoms with Gasteiger partial charge in [0.1, 0.15) is 0 Å². The van der Waals surface area contributed by atoms with Crippen molar-refractivity contribution in [3.05, 3.63) is 18.5 Å².